The van der Waals surface area contributed by atoms with Gasteiger partial charge in [-0.15, -0.1) is 11.3 Å². The number of thiazole rings is 1. The van der Waals surface area contributed by atoms with Gasteiger partial charge in [-0.1, -0.05) is 12.1 Å². The van der Waals surface area contributed by atoms with Crippen molar-refractivity contribution in [1.82, 2.24) is 4.98 Å². The van der Waals surface area contributed by atoms with Crippen molar-refractivity contribution in [3.05, 3.63) is 45.0 Å². The molecule has 0 aliphatic rings. The molecule has 0 aliphatic heterocycles. The minimum absolute atomic E-state index is 0.924. The summed E-state index contributed by atoms with van der Waals surface area (Å²) in [7, 11) is 0. The lowest BCUT2D eigenvalue weighted by atomic mass is 10.1. The summed E-state index contributed by atoms with van der Waals surface area (Å²) in [6, 6.07) is 9.36. The lowest BCUT2D eigenvalue weighted by Gasteiger charge is -2.03. The van der Waals surface area contributed by atoms with Crippen LogP contribution in [0.25, 0.3) is 0 Å². The van der Waals surface area contributed by atoms with Gasteiger partial charge < -0.3 is 5.32 Å². The summed E-state index contributed by atoms with van der Waals surface area (Å²) in [6.07, 6.45) is 2.83. The molecule has 2 aromatic rings. The van der Waals surface area contributed by atoms with E-state index in [0.717, 1.165) is 18.1 Å². The summed E-state index contributed by atoms with van der Waals surface area (Å²) >= 11 is 3.91. The molecule has 2 rings (SSSR count). The summed E-state index contributed by atoms with van der Waals surface area (Å²) in [4.78, 5) is 4.16. The van der Waals surface area contributed by atoms with E-state index < -0.39 is 0 Å². The third-order valence-corrected chi connectivity index (χ3v) is 3.31. The molecule has 0 saturated heterocycles. The molecule has 15 heavy (non-hydrogen) atoms. The van der Waals surface area contributed by atoms with Gasteiger partial charge in [0.05, 0.1) is 0 Å². The van der Waals surface area contributed by atoms with Crippen LogP contribution in [0.2, 0.25) is 0 Å². The smallest absolute Gasteiger partial charge is 0.182 e. The summed E-state index contributed by atoms with van der Waals surface area (Å²) in [5.41, 5.74) is 1.34. The monoisotopic (exact) mass is 329 g/mol. The van der Waals surface area contributed by atoms with Gasteiger partial charge in [-0.2, -0.15) is 0 Å². The molecule has 2 nitrogen and oxygen atoms in total. The SMILES string of the molecule is Ic1[c]ccc(CCNc2nccs2)c1. The molecule has 1 aromatic carbocycles. The van der Waals surface area contributed by atoms with Crippen LogP contribution < -0.4 is 5.32 Å². The number of benzene rings is 1. The first-order chi connectivity index (χ1) is 7.34. The van der Waals surface area contributed by atoms with Gasteiger partial charge >= 0.3 is 0 Å². The number of rotatable bonds is 4. The van der Waals surface area contributed by atoms with Crippen LogP contribution in [-0.2, 0) is 6.42 Å². The van der Waals surface area contributed by atoms with Gasteiger partial charge in [0.2, 0.25) is 0 Å². The third kappa shape index (κ3) is 3.46. The van der Waals surface area contributed by atoms with Crippen LogP contribution in [0.5, 0.6) is 0 Å². The second-order valence-electron chi connectivity index (χ2n) is 3.06. The number of anilines is 1. The fourth-order valence-electron chi connectivity index (χ4n) is 1.26. The Balaban J connectivity index is 1.83. The number of hydrogen-bond acceptors (Lipinski definition) is 3. The Bertz CT molecular complexity index is 414. The summed E-state index contributed by atoms with van der Waals surface area (Å²) in [6.45, 7) is 0.924. The van der Waals surface area contributed by atoms with Crippen molar-refractivity contribution >= 4 is 39.1 Å². The number of halogens is 1. The predicted octanol–water partition coefficient (Wildman–Crippen LogP) is 3.20. The van der Waals surface area contributed by atoms with Gasteiger partial charge in [0.15, 0.2) is 5.13 Å². The van der Waals surface area contributed by atoms with Crippen molar-refractivity contribution < 1.29 is 0 Å². The molecule has 0 atom stereocenters. The maximum Gasteiger partial charge on any atom is 0.182 e. The first-order valence-corrected chi connectivity index (χ1v) is 6.60. The molecule has 0 saturated carbocycles. The van der Waals surface area contributed by atoms with Crippen LogP contribution in [-0.4, -0.2) is 11.5 Å². The first kappa shape index (κ1) is 10.9. The summed E-state index contributed by atoms with van der Waals surface area (Å²) < 4.78 is 1.17. The minimum Gasteiger partial charge on any atom is -0.361 e. The van der Waals surface area contributed by atoms with Crippen LogP contribution >= 0.6 is 33.9 Å². The van der Waals surface area contributed by atoms with E-state index in [9.17, 15) is 0 Å². The van der Waals surface area contributed by atoms with E-state index in [2.05, 4.69) is 51.1 Å². The van der Waals surface area contributed by atoms with Gasteiger partial charge in [0.25, 0.3) is 0 Å². The largest absolute Gasteiger partial charge is 0.361 e. The highest BCUT2D eigenvalue weighted by molar-refractivity contribution is 14.1. The number of nitrogens with zero attached hydrogens (tertiary/aromatic N) is 1. The Morgan fingerprint density at radius 2 is 2.47 bits per heavy atom. The number of hydrogen-bond donors (Lipinski definition) is 1. The quantitative estimate of drug-likeness (QED) is 0.872. The van der Waals surface area contributed by atoms with E-state index in [1.165, 1.54) is 9.13 Å². The zero-order valence-corrected chi connectivity index (χ0v) is 11.0. The highest BCUT2D eigenvalue weighted by Crippen LogP contribution is 2.11. The molecule has 77 valence electrons. The molecule has 0 aliphatic carbocycles. The molecule has 0 bridgehead atoms. The van der Waals surface area contributed by atoms with E-state index in [-0.39, 0.29) is 0 Å². The van der Waals surface area contributed by atoms with Crippen LogP contribution in [0.4, 0.5) is 5.13 Å². The number of nitrogens with one attached hydrogen (secondary N) is 1. The fraction of sp³-hybridized carbons (Fsp3) is 0.182. The van der Waals surface area contributed by atoms with Crippen molar-refractivity contribution in [2.75, 3.05) is 11.9 Å². The van der Waals surface area contributed by atoms with Gasteiger partial charge in [-0.25, -0.2) is 4.98 Å². The molecule has 1 N–H and O–H groups in total. The third-order valence-electron chi connectivity index (χ3n) is 1.95. The molecule has 0 spiro atoms. The lowest BCUT2D eigenvalue weighted by Crippen LogP contribution is -2.04. The Hall–Kier alpha value is -0.620. The molecule has 1 heterocycles. The Labute approximate surface area is 107 Å². The zero-order valence-electron chi connectivity index (χ0n) is 8.03. The second kappa shape index (κ2) is 5.46. The van der Waals surface area contributed by atoms with E-state index >= 15 is 0 Å². The average Bonchev–Trinajstić information content (AvgIpc) is 2.71. The topological polar surface area (TPSA) is 24.9 Å². The van der Waals surface area contributed by atoms with E-state index in [1.54, 1.807) is 11.3 Å². The normalized spacial score (nSPS) is 10.2. The molecule has 0 unspecified atom stereocenters. The number of aromatic nitrogens is 1. The van der Waals surface area contributed by atoms with Gasteiger partial charge in [0, 0.05) is 21.7 Å². The van der Waals surface area contributed by atoms with Crippen LogP contribution in [0.15, 0.2) is 29.8 Å². The lowest BCUT2D eigenvalue weighted by molar-refractivity contribution is 1.01. The Kier molecular flexibility index (Phi) is 3.96. The van der Waals surface area contributed by atoms with E-state index in [1.807, 2.05) is 17.6 Å². The highest BCUT2D eigenvalue weighted by atomic mass is 127. The first-order valence-electron chi connectivity index (χ1n) is 4.64. The van der Waals surface area contributed by atoms with Crippen LogP contribution in [0.3, 0.4) is 0 Å². The maximum absolute atomic E-state index is 4.16. The zero-order chi connectivity index (χ0) is 10.5. The maximum atomic E-state index is 4.16. The van der Waals surface area contributed by atoms with Crippen molar-refractivity contribution in [3.8, 4) is 0 Å². The molecule has 0 amide bonds. The molecule has 1 aromatic heterocycles. The van der Waals surface area contributed by atoms with Gasteiger partial charge in [0.1, 0.15) is 0 Å². The van der Waals surface area contributed by atoms with Crippen molar-refractivity contribution in [1.29, 1.82) is 0 Å². The highest BCUT2D eigenvalue weighted by Gasteiger charge is 1.96. The minimum atomic E-state index is 0.924. The van der Waals surface area contributed by atoms with Crippen molar-refractivity contribution in [2.24, 2.45) is 0 Å². The van der Waals surface area contributed by atoms with Crippen molar-refractivity contribution in [2.45, 2.75) is 6.42 Å². The molecular weight excluding hydrogens is 319 g/mol. The molecule has 4 heteroatoms. The van der Waals surface area contributed by atoms with Gasteiger partial charge in [-0.05, 0) is 46.7 Å². The van der Waals surface area contributed by atoms with Crippen molar-refractivity contribution in [3.63, 3.8) is 0 Å². The molecular formula is C11H10IN2S. The molecule has 0 fully saturated rings. The van der Waals surface area contributed by atoms with E-state index in [4.69, 9.17) is 0 Å². The van der Waals surface area contributed by atoms with Crippen LogP contribution in [0, 0.1) is 9.64 Å². The predicted molar refractivity (Wildman–Crippen MR) is 72.3 cm³/mol. The second-order valence-corrected chi connectivity index (χ2v) is 5.12. The van der Waals surface area contributed by atoms with E-state index in [0.29, 0.717) is 0 Å². The summed E-state index contributed by atoms with van der Waals surface area (Å²) in [5, 5.41) is 6.26. The molecule has 1 radical (unpaired) electrons. The standard InChI is InChI=1S/C11H10IN2S/c12-10-3-1-2-9(8-10)4-5-13-11-14-6-7-15-11/h1-2,6-8H,4-5H2,(H,13,14). The fourth-order valence-corrected chi connectivity index (χ4v) is 2.40. The summed E-state index contributed by atoms with van der Waals surface area (Å²) in [5.74, 6) is 0. The Morgan fingerprint density at radius 3 is 3.20 bits per heavy atom. The average molecular weight is 329 g/mol. The Morgan fingerprint density at radius 1 is 1.53 bits per heavy atom. The van der Waals surface area contributed by atoms with Crippen LogP contribution in [0.1, 0.15) is 5.56 Å². The van der Waals surface area contributed by atoms with Gasteiger partial charge in [-0.3, -0.25) is 0 Å².